The Bertz CT molecular complexity index is 526. The number of ether oxygens (including phenoxy) is 2. The SMILES string of the molecule is O=C(O[C@]12CCCC[C@H]1O2)c1ccc([N+](=O)[O-])cc1. The van der Waals surface area contributed by atoms with Crippen molar-refractivity contribution >= 4 is 11.7 Å². The maximum Gasteiger partial charge on any atom is 0.340 e. The van der Waals surface area contributed by atoms with Crippen LogP contribution in [-0.2, 0) is 9.47 Å². The largest absolute Gasteiger partial charge is 0.427 e. The number of esters is 1. The van der Waals surface area contributed by atoms with Gasteiger partial charge in [0.2, 0.25) is 5.79 Å². The quantitative estimate of drug-likeness (QED) is 0.362. The number of carbonyl (C=O) groups excluding carboxylic acids is 1. The van der Waals surface area contributed by atoms with Crippen molar-refractivity contribution in [2.45, 2.75) is 37.6 Å². The molecule has 0 aromatic heterocycles. The van der Waals surface area contributed by atoms with Crippen LogP contribution >= 0.6 is 0 Å². The number of nitro benzene ring substituents is 1. The summed E-state index contributed by atoms with van der Waals surface area (Å²) in [6, 6.07) is 5.38. The summed E-state index contributed by atoms with van der Waals surface area (Å²) < 4.78 is 10.9. The van der Waals surface area contributed by atoms with Crippen molar-refractivity contribution in [3.63, 3.8) is 0 Å². The lowest BCUT2D eigenvalue weighted by Gasteiger charge is -2.17. The molecule has 19 heavy (non-hydrogen) atoms. The summed E-state index contributed by atoms with van der Waals surface area (Å²) >= 11 is 0. The molecule has 1 heterocycles. The van der Waals surface area contributed by atoms with Gasteiger partial charge in [-0.1, -0.05) is 6.42 Å². The Labute approximate surface area is 109 Å². The van der Waals surface area contributed by atoms with Gasteiger partial charge in [-0.3, -0.25) is 10.1 Å². The Balaban J connectivity index is 1.69. The fraction of sp³-hybridized carbons (Fsp3) is 0.462. The number of carbonyl (C=O) groups is 1. The number of nitro groups is 1. The zero-order chi connectivity index (χ0) is 13.5. The second-order valence-corrected chi connectivity index (χ2v) is 4.86. The van der Waals surface area contributed by atoms with E-state index in [9.17, 15) is 14.9 Å². The highest BCUT2D eigenvalue weighted by atomic mass is 16.8. The van der Waals surface area contributed by atoms with E-state index in [0.29, 0.717) is 5.56 Å². The third kappa shape index (κ3) is 2.19. The van der Waals surface area contributed by atoms with Crippen LogP contribution in [0.25, 0.3) is 0 Å². The summed E-state index contributed by atoms with van der Waals surface area (Å²) in [7, 11) is 0. The first-order chi connectivity index (χ1) is 9.11. The van der Waals surface area contributed by atoms with Crippen LogP contribution < -0.4 is 0 Å². The molecule has 6 nitrogen and oxygen atoms in total. The first-order valence-corrected chi connectivity index (χ1v) is 6.26. The van der Waals surface area contributed by atoms with Crippen molar-refractivity contribution in [1.29, 1.82) is 0 Å². The Morgan fingerprint density at radius 2 is 2.11 bits per heavy atom. The summed E-state index contributed by atoms with van der Waals surface area (Å²) in [6.45, 7) is 0. The Hall–Kier alpha value is -1.95. The van der Waals surface area contributed by atoms with Crippen LogP contribution in [0.1, 0.15) is 36.0 Å². The van der Waals surface area contributed by atoms with E-state index in [1.807, 2.05) is 0 Å². The number of benzene rings is 1. The highest BCUT2D eigenvalue weighted by molar-refractivity contribution is 5.90. The molecule has 6 heteroatoms. The standard InChI is InChI=1S/C13H13NO5/c15-12(9-4-6-10(7-5-9)14(16)17)19-13-8-2-1-3-11(13)18-13/h4-7,11H,1-3,8H2/t11-,13-/m1/s1. The smallest absolute Gasteiger partial charge is 0.340 e. The van der Waals surface area contributed by atoms with Gasteiger partial charge in [0.05, 0.1) is 10.5 Å². The first kappa shape index (κ1) is 12.1. The van der Waals surface area contributed by atoms with E-state index in [1.54, 1.807) is 0 Å². The number of fused-ring (bicyclic) bond motifs is 1. The third-order valence-corrected chi connectivity index (χ3v) is 3.60. The van der Waals surface area contributed by atoms with Crippen LogP contribution in [0.4, 0.5) is 5.69 Å². The first-order valence-electron chi connectivity index (χ1n) is 6.26. The normalized spacial score (nSPS) is 28.3. The number of nitrogens with zero attached hydrogens (tertiary/aromatic N) is 1. The number of hydrogen-bond donors (Lipinski definition) is 0. The lowest BCUT2D eigenvalue weighted by atomic mass is 9.98. The van der Waals surface area contributed by atoms with E-state index in [4.69, 9.17) is 9.47 Å². The second kappa shape index (κ2) is 4.31. The second-order valence-electron chi connectivity index (χ2n) is 4.86. The zero-order valence-electron chi connectivity index (χ0n) is 10.2. The summed E-state index contributed by atoms with van der Waals surface area (Å²) in [5.74, 6) is -1.21. The van der Waals surface area contributed by atoms with Crippen molar-refractivity contribution in [1.82, 2.24) is 0 Å². The van der Waals surface area contributed by atoms with Gasteiger partial charge in [-0.05, 0) is 25.0 Å². The molecule has 0 radical (unpaired) electrons. The summed E-state index contributed by atoms with van der Waals surface area (Å²) in [6.07, 6.45) is 3.78. The highest BCUT2D eigenvalue weighted by Crippen LogP contribution is 2.48. The molecule has 2 fully saturated rings. The average molecular weight is 263 g/mol. The molecule has 0 amide bonds. The van der Waals surface area contributed by atoms with E-state index < -0.39 is 16.7 Å². The lowest BCUT2D eigenvalue weighted by Crippen LogP contribution is -2.26. The minimum absolute atomic E-state index is 0.0308. The average Bonchev–Trinajstić information content (AvgIpc) is 3.12. The van der Waals surface area contributed by atoms with Gasteiger partial charge < -0.3 is 9.47 Å². The molecular formula is C13H13NO5. The lowest BCUT2D eigenvalue weighted by molar-refractivity contribution is -0.384. The van der Waals surface area contributed by atoms with Gasteiger partial charge in [-0.2, -0.15) is 0 Å². The van der Waals surface area contributed by atoms with Crippen LogP contribution in [0.15, 0.2) is 24.3 Å². The minimum Gasteiger partial charge on any atom is -0.427 e. The highest BCUT2D eigenvalue weighted by Gasteiger charge is 2.61. The molecule has 1 aliphatic carbocycles. The van der Waals surface area contributed by atoms with Gasteiger partial charge in [0.25, 0.3) is 5.69 Å². The van der Waals surface area contributed by atoms with Crippen LogP contribution in [0, 0.1) is 10.1 Å². The Morgan fingerprint density at radius 3 is 2.74 bits per heavy atom. The topological polar surface area (TPSA) is 82.0 Å². The predicted molar refractivity (Wildman–Crippen MR) is 64.6 cm³/mol. The molecule has 3 rings (SSSR count). The van der Waals surface area contributed by atoms with Gasteiger partial charge >= 0.3 is 5.97 Å². The fourth-order valence-corrected chi connectivity index (χ4v) is 2.48. The molecule has 1 saturated heterocycles. The third-order valence-electron chi connectivity index (χ3n) is 3.60. The minimum atomic E-state index is -0.725. The van der Waals surface area contributed by atoms with Gasteiger partial charge in [0.1, 0.15) is 6.10 Å². The fourth-order valence-electron chi connectivity index (χ4n) is 2.48. The van der Waals surface area contributed by atoms with E-state index in [-0.39, 0.29) is 11.8 Å². The van der Waals surface area contributed by atoms with Crippen LogP contribution in [-0.4, -0.2) is 22.8 Å². The molecular weight excluding hydrogens is 250 g/mol. The monoisotopic (exact) mass is 263 g/mol. The summed E-state index contributed by atoms with van der Waals surface area (Å²) in [5, 5.41) is 10.5. The van der Waals surface area contributed by atoms with E-state index >= 15 is 0 Å². The van der Waals surface area contributed by atoms with Crippen molar-refractivity contribution in [3.05, 3.63) is 39.9 Å². The molecule has 1 aromatic carbocycles. The molecule has 1 saturated carbocycles. The maximum atomic E-state index is 12.0. The molecule has 2 atom stereocenters. The van der Waals surface area contributed by atoms with Crippen molar-refractivity contribution in [3.8, 4) is 0 Å². The Morgan fingerprint density at radius 1 is 1.37 bits per heavy atom. The summed E-state index contributed by atoms with van der Waals surface area (Å²) in [4.78, 5) is 22.0. The van der Waals surface area contributed by atoms with E-state index in [2.05, 4.69) is 0 Å². The maximum absolute atomic E-state index is 12.0. The molecule has 0 N–H and O–H groups in total. The van der Waals surface area contributed by atoms with E-state index in [1.165, 1.54) is 24.3 Å². The van der Waals surface area contributed by atoms with Gasteiger partial charge in [-0.15, -0.1) is 0 Å². The van der Waals surface area contributed by atoms with Crippen molar-refractivity contribution < 1.29 is 19.2 Å². The van der Waals surface area contributed by atoms with Crippen molar-refractivity contribution in [2.24, 2.45) is 0 Å². The molecule has 1 aliphatic heterocycles. The molecule has 1 aromatic rings. The Kier molecular flexibility index (Phi) is 2.74. The van der Waals surface area contributed by atoms with Crippen molar-refractivity contribution in [2.75, 3.05) is 0 Å². The predicted octanol–water partition coefficient (Wildman–Crippen LogP) is 2.42. The van der Waals surface area contributed by atoms with E-state index in [0.717, 1.165) is 25.7 Å². The number of rotatable bonds is 3. The molecule has 2 aliphatic rings. The van der Waals surface area contributed by atoms with Crippen LogP contribution in [0.5, 0.6) is 0 Å². The molecule has 100 valence electrons. The number of hydrogen-bond acceptors (Lipinski definition) is 5. The summed E-state index contributed by atoms with van der Waals surface area (Å²) in [5.41, 5.74) is 0.257. The van der Waals surface area contributed by atoms with Gasteiger partial charge in [-0.25, -0.2) is 4.79 Å². The van der Waals surface area contributed by atoms with Gasteiger partial charge in [0, 0.05) is 18.6 Å². The van der Waals surface area contributed by atoms with Crippen LogP contribution in [0.2, 0.25) is 0 Å². The number of epoxide rings is 1. The molecule has 0 spiro atoms. The van der Waals surface area contributed by atoms with Gasteiger partial charge in [0.15, 0.2) is 0 Å². The van der Waals surface area contributed by atoms with Crippen LogP contribution in [0.3, 0.4) is 0 Å². The molecule has 0 unspecified atom stereocenters. The molecule has 0 bridgehead atoms. The number of non-ortho nitro benzene ring substituents is 1. The zero-order valence-corrected chi connectivity index (χ0v) is 10.2.